The van der Waals surface area contributed by atoms with Crippen molar-refractivity contribution in [3.05, 3.63) is 33.8 Å². The van der Waals surface area contributed by atoms with Crippen molar-refractivity contribution in [1.82, 2.24) is 0 Å². The van der Waals surface area contributed by atoms with Crippen molar-refractivity contribution in [2.24, 2.45) is 0 Å². The van der Waals surface area contributed by atoms with Crippen LogP contribution in [-0.2, 0) is 11.3 Å². The van der Waals surface area contributed by atoms with E-state index >= 15 is 0 Å². The highest BCUT2D eigenvalue weighted by atomic mass is 79.9. The van der Waals surface area contributed by atoms with Crippen LogP contribution < -0.4 is 0 Å². The van der Waals surface area contributed by atoms with Crippen molar-refractivity contribution in [1.29, 1.82) is 0 Å². The van der Waals surface area contributed by atoms with Crippen molar-refractivity contribution in [3.8, 4) is 0 Å². The first-order valence-corrected chi connectivity index (χ1v) is 5.93. The van der Waals surface area contributed by atoms with E-state index in [0.29, 0.717) is 0 Å². The van der Waals surface area contributed by atoms with Gasteiger partial charge in [0.2, 0.25) is 0 Å². The zero-order valence-electron chi connectivity index (χ0n) is 9.61. The topological polar surface area (TPSA) is 9.23 Å². The molecule has 0 aliphatic carbocycles. The van der Waals surface area contributed by atoms with Crippen LogP contribution in [0.15, 0.2) is 16.6 Å². The van der Waals surface area contributed by atoms with Crippen molar-refractivity contribution in [2.45, 2.75) is 39.4 Å². The summed E-state index contributed by atoms with van der Waals surface area (Å²) in [5.74, 6) is -1.17. The van der Waals surface area contributed by atoms with Gasteiger partial charge in [0.25, 0.3) is 0 Å². The Kier molecular flexibility index (Phi) is 4.44. The average Bonchev–Trinajstić information content (AvgIpc) is 2.24. The number of benzene rings is 1. The molecule has 1 aromatic rings. The summed E-state index contributed by atoms with van der Waals surface area (Å²) in [5.41, 5.74) is -0.405. The normalized spacial score (nSPS) is 11.9. The summed E-state index contributed by atoms with van der Waals surface area (Å²) in [5, 5.41) is 0. The molecule has 90 valence electrons. The lowest BCUT2D eigenvalue weighted by atomic mass is 10.1. The maximum absolute atomic E-state index is 13.6. The van der Waals surface area contributed by atoms with Crippen molar-refractivity contribution in [3.63, 3.8) is 0 Å². The van der Waals surface area contributed by atoms with Crippen LogP contribution in [0.25, 0.3) is 0 Å². The van der Waals surface area contributed by atoms with Crippen LogP contribution in [0, 0.1) is 11.6 Å². The standard InChI is InChI=1S/C12H15BrF2O/c1-4-12(2,3)16-7-8-10(14)6-5-9(13)11(8)15/h5-6H,4,7H2,1-3H3. The fourth-order valence-corrected chi connectivity index (χ4v) is 1.44. The van der Waals surface area contributed by atoms with Crippen LogP contribution in [-0.4, -0.2) is 5.60 Å². The molecule has 4 heteroatoms. The summed E-state index contributed by atoms with van der Waals surface area (Å²) in [6.45, 7) is 5.69. The molecule has 0 spiro atoms. The van der Waals surface area contributed by atoms with E-state index in [1.807, 2.05) is 20.8 Å². The molecule has 0 bridgehead atoms. The first-order valence-electron chi connectivity index (χ1n) is 5.13. The van der Waals surface area contributed by atoms with Crippen LogP contribution in [0.5, 0.6) is 0 Å². The summed E-state index contributed by atoms with van der Waals surface area (Å²) >= 11 is 3.02. The highest BCUT2D eigenvalue weighted by Gasteiger charge is 2.19. The fourth-order valence-electron chi connectivity index (χ4n) is 1.07. The number of hydrogen-bond donors (Lipinski definition) is 0. The number of halogens is 3. The van der Waals surface area contributed by atoms with Gasteiger partial charge in [0, 0.05) is 0 Å². The third-order valence-corrected chi connectivity index (χ3v) is 3.21. The maximum atomic E-state index is 13.6. The minimum Gasteiger partial charge on any atom is -0.371 e. The molecule has 16 heavy (non-hydrogen) atoms. The van der Waals surface area contributed by atoms with Gasteiger partial charge in [-0.1, -0.05) is 6.92 Å². The smallest absolute Gasteiger partial charge is 0.145 e. The third kappa shape index (κ3) is 3.25. The van der Waals surface area contributed by atoms with Gasteiger partial charge in [-0.25, -0.2) is 8.78 Å². The first kappa shape index (κ1) is 13.6. The molecule has 0 radical (unpaired) electrons. The van der Waals surface area contributed by atoms with Gasteiger partial charge < -0.3 is 4.74 Å². The van der Waals surface area contributed by atoms with E-state index in [1.54, 1.807) is 0 Å². The van der Waals surface area contributed by atoms with Crippen molar-refractivity contribution in [2.75, 3.05) is 0 Å². The molecular weight excluding hydrogens is 278 g/mol. The SMILES string of the molecule is CCC(C)(C)OCc1c(F)ccc(Br)c1F. The zero-order valence-corrected chi connectivity index (χ0v) is 11.2. The van der Waals surface area contributed by atoms with E-state index < -0.39 is 11.6 Å². The highest BCUT2D eigenvalue weighted by Crippen LogP contribution is 2.24. The van der Waals surface area contributed by atoms with Gasteiger partial charge in [0.05, 0.1) is 22.2 Å². The Bertz CT molecular complexity index is 378. The lowest BCUT2D eigenvalue weighted by molar-refractivity contribution is -0.0338. The Morgan fingerprint density at radius 2 is 1.94 bits per heavy atom. The minimum absolute atomic E-state index is 0.0316. The molecule has 0 aromatic heterocycles. The zero-order chi connectivity index (χ0) is 12.3. The van der Waals surface area contributed by atoms with Crippen LogP contribution in [0.1, 0.15) is 32.8 Å². The fraction of sp³-hybridized carbons (Fsp3) is 0.500. The second-order valence-electron chi connectivity index (χ2n) is 4.22. The summed E-state index contributed by atoms with van der Waals surface area (Å²) in [7, 11) is 0. The van der Waals surface area contributed by atoms with Crippen LogP contribution >= 0.6 is 15.9 Å². The van der Waals surface area contributed by atoms with Gasteiger partial charge >= 0.3 is 0 Å². The minimum atomic E-state index is -0.591. The number of ether oxygens (including phenoxy) is 1. The molecule has 0 N–H and O–H groups in total. The molecule has 0 saturated carbocycles. The van der Waals surface area contributed by atoms with Crippen LogP contribution in [0.3, 0.4) is 0 Å². The Morgan fingerprint density at radius 3 is 2.50 bits per heavy atom. The lowest BCUT2D eigenvalue weighted by Gasteiger charge is -2.23. The Labute approximate surface area is 103 Å². The van der Waals surface area contributed by atoms with Gasteiger partial charge in [0.1, 0.15) is 11.6 Å². The van der Waals surface area contributed by atoms with E-state index in [4.69, 9.17) is 4.74 Å². The highest BCUT2D eigenvalue weighted by molar-refractivity contribution is 9.10. The molecule has 1 aromatic carbocycles. The molecule has 1 nitrogen and oxygen atoms in total. The van der Waals surface area contributed by atoms with E-state index in [-0.39, 0.29) is 22.2 Å². The Hall–Kier alpha value is -0.480. The molecule has 1 rings (SSSR count). The Morgan fingerprint density at radius 1 is 1.31 bits per heavy atom. The summed E-state index contributed by atoms with van der Waals surface area (Å²) in [6.07, 6.45) is 0.782. The number of hydrogen-bond acceptors (Lipinski definition) is 1. The molecule has 0 aliphatic rings. The van der Waals surface area contributed by atoms with Gasteiger partial charge in [-0.05, 0) is 48.3 Å². The van der Waals surface area contributed by atoms with Gasteiger partial charge in [0.15, 0.2) is 0 Å². The predicted molar refractivity (Wildman–Crippen MR) is 63.2 cm³/mol. The van der Waals surface area contributed by atoms with Crippen LogP contribution in [0.4, 0.5) is 8.78 Å². The Balaban J connectivity index is 2.86. The van der Waals surface area contributed by atoms with E-state index in [0.717, 1.165) is 6.42 Å². The lowest BCUT2D eigenvalue weighted by Crippen LogP contribution is -2.23. The molecule has 0 heterocycles. The quantitative estimate of drug-likeness (QED) is 0.746. The summed E-state index contributed by atoms with van der Waals surface area (Å²) < 4.78 is 32.7. The van der Waals surface area contributed by atoms with Gasteiger partial charge in [-0.15, -0.1) is 0 Å². The average molecular weight is 293 g/mol. The number of rotatable bonds is 4. The van der Waals surface area contributed by atoms with E-state index in [9.17, 15) is 8.78 Å². The van der Waals surface area contributed by atoms with E-state index in [2.05, 4.69) is 15.9 Å². The third-order valence-electron chi connectivity index (χ3n) is 2.60. The van der Waals surface area contributed by atoms with Gasteiger partial charge in [-0.2, -0.15) is 0 Å². The molecule has 0 atom stereocenters. The molecule has 0 unspecified atom stereocenters. The molecule has 0 fully saturated rings. The summed E-state index contributed by atoms with van der Waals surface area (Å²) in [6, 6.07) is 2.57. The second kappa shape index (κ2) is 5.23. The van der Waals surface area contributed by atoms with Gasteiger partial charge in [-0.3, -0.25) is 0 Å². The van der Waals surface area contributed by atoms with Crippen LogP contribution in [0.2, 0.25) is 0 Å². The van der Waals surface area contributed by atoms with Crippen molar-refractivity contribution < 1.29 is 13.5 Å². The molecule has 0 amide bonds. The maximum Gasteiger partial charge on any atom is 0.145 e. The molecular formula is C12H15BrF2O. The van der Waals surface area contributed by atoms with Crippen molar-refractivity contribution >= 4 is 15.9 Å². The van der Waals surface area contributed by atoms with E-state index in [1.165, 1.54) is 12.1 Å². The summed E-state index contributed by atoms with van der Waals surface area (Å²) in [4.78, 5) is 0. The molecule has 0 aliphatic heterocycles. The first-order chi connectivity index (χ1) is 7.37. The second-order valence-corrected chi connectivity index (χ2v) is 5.08. The largest absolute Gasteiger partial charge is 0.371 e. The molecule has 0 saturated heterocycles. The monoisotopic (exact) mass is 292 g/mol. The predicted octanol–water partition coefficient (Wildman–Crippen LogP) is 4.43.